The van der Waals surface area contributed by atoms with E-state index in [9.17, 15) is 13.2 Å². The van der Waals surface area contributed by atoms with Crippen molar-refractivity contribution in [2.45, 2.75) is 84.9 Å². The largest absolute Gasteiger partial charge is 0.490 e. The zero-order chi connectivity index (χ0) is 26.3. The summed E-state index contributed by atoms with van der Waals surface area (Å²) < 4.78 is 48.0. The number of carboxylic acids is 1. The van der Waals surface area contributed by atoms with Crippen LogP contribution in [0.5, 0.6) is 11.5 Å². The van der Waals surface area contributed by atoms with Gasteiger partial charge in [0.05, 0.1) is 17.5 Å². The molecule has 0 saturated heterocycles. The van der Waals surface area contributed by atoms with E-state index in [0.717, 1.165) is 28.0 Å². The van der Waals surface area contributed by atoms with Crippen molar-refractivity contribution in [1.82, 2.24) is 0 Å². The number of aryl methyl sites for hydroxylation is 2. The van der Waals surface area contributed by atoms with E-state index in [0.29, 0.717) is 18.6 Å². The van der Waals surface area contributed by atoms with Crippen molar-refractivity contribution in [1.29, 1.82) is 1.43 Å². The molecule has 34 heavy (non-hydrogen) atoms. The Morgan fingerprint density at radius 2 is 1.50 bits per heavy atom. The number of benzene rings is 2. The minimum Gasteiger partial charge on any atom is -0.490 e. The van der Waals surface area contributed by atoms with Crippen molar-refractivity contribution in [3.05, 3.63) is 58.7 Å². The Bertz CT molecular complexity index is 1110. The minimum absolute atomic E-state index is 0.138. The maximum atomic E-state index is 12.0. The maximum absolute atomic E-state index is 12.0. The van der Waals surface area contributed by atoms with Gasteiger partial charge in [-0.1, -0.05) is 24.3 Å². The summed E-state index contributed by atoms with van der Waals surface area (Å²) in [7, 11) is -3.65. The summed E-state index contributed by atoms with van der Waals surface area (Å²) in [6.45, 7) is 12.5. The molecule has 1 N–H and O–H groups in total. The molecule has 2 aromatic rings. The number of carboxylic acid groups (broad SMARTS) is 1. The van der Waals surface area contributed by atoms with Gasteiger partial charge in [-0.05, 0) is 82.9 Å². The van der Waals surface area contributed by atoms with Gasteiger partial charge in [0, 0.05) is 12.8 Å². The highest BCUT2D eigenvalue weighted by Gasteiger charge is 2.21. The predicted molar refractivity (Wildman–Crippen MR) is 132 cm³/mol. The summed E-state index contributed by atoms with van der Waals surface area (Å²) in [6, 6.07) is 11.1. The molecule has 0 spiro atoms. The number of hydrogen-bond donors (Lipinski definition) is 1. The van der Waals surface area contributed by atoms with Gasteiger partial charge in [-0.25, -0.2) is 4.79 Å². The standard InChI is InChI=1S/C26H36O7S/c1-16(2)31-25(26(27)28)15-22-8-10-23(18(5)12-22)32-20(7)14-21-9-11-24(19(6)13-21)33-34(29,30)17(3)4/h8-13,16-17,20,25H,14-15H2,1-7H3,(H,27,28)/t20?,25-/m0/s1/i/hD. The third kappa shape index (κ3) is 8.02. The average Bonchev–Trinajstić information content (AvgIpc) is 2.76. The first-order chi connectivity index (χ1) is 16.3. The third-order valence-electron chi connectivity index (χ3n) is 5.23. The number of aliphatic carboxylic acids is 1. The molecule has 0 bridgehead atoms. The molecule has 0 aromatic heterocycles. The van der Waals surface area contributed by atoms with Crippen molar-refractivity contribution < 1.29 is 32.0 Å². The van der Waals surface area contributed by atoms with Gasteiger partial charge in [-0.3, -0.25) is 0 Å². The first-order valence-electron chi connectivity index (χ1n) is 11.8. The molecule has 0 amide bonds. The number of rotatable bonds is 12. The fraction of sp³-hybridized carbons (Fsp3) is 0.500. The molecule has 1 unspecified atom stereocenters. The molecule has 188 valence electrons. The van der Waals surface area contributed by atoms with Crippen LogP contribution in [0.1, 0.15) is 56.9 Å². The molecule has 7 nitrogen and oxygen atoms in total. The normalized spacial score (nSPS) is 14.0. The van der Waals surface area contributed by atoms with Crippen LogP contribution < -0.4 is 8.92 Å². The smallest absolute Gasteiger partial charge is 0.333 e. The van der Waals surface area contributed by atoms with Crippen molar-refractivity contribution in [2.75, 3.05) is 0 Å². The molecule has 0 aliphatic heterocycles. The van der Waals surface area contributed by atoms with E-state index in [4.69, 9.17) is 15.1 Å². The zero-order valence-electron chi connectivity index (χ0n) is 22.0. The highest BCUT2D eigenvalue weighted by Crippen LogP contribution is 2.25. The van der Waals surface area contributed by atoms with Crippen LogP contribution in [0.15, 0.2) is 36.4 Å². The molecule has 0 aliphatic rings. The Morgan fingerprint density at radius 3 is 2.00 bits per heavy atom. The van der Waals surface area contributed by atoms with Crippen molar-refractivity contribution >= 4 is 16.1 Å². The number of carbonyl (C=O) groups is 1. The quantitative estimate of drug-likeness (QED) is 0.422. The second kappa shape index (κ2) is 11.7. The molecule has 0 fully saturated rings. The second-order valence-electron chi connectivity index (χ2n) is 9.15. The van der Waals surface area contributed by atoms with E-state index in [-0.39, 0.29) is 12.2 Å². The summed E-state index contributed by atoms with van der Waals surface area (Å²) in [6.07, 6.45) is -0.234. The van der Waals surface area contributed by atoms with E-state index in [1.165, 1.54) is 0 Å². The van der Waals surface area contributed by atoms with E-state index in [1.807, 2.05) is 65.0 Å². The Balaban J connectivity index is 2.05. The fourth-order valence-corrected chi connectivity index (χ4v) is 4.07. The topological polar surface area (TPSA) is 99.1 Å². The van der Waals surface area contributed by atoms with Gasteiger partial charge in [0.15, 0.2) is 6.10 Å². The third-order valence-corrected chi connectivity index (χ3v) is 6.80. The first-order valence-corrected chi connectivity index (χ1v) is 12.9. The van der Waals surface area contributed by atoms with Crippen LogP contribution >= 0.6 is 0 Å². The molecular weight excluding hydrogens is 456 g/mol. The van der Waals surface area contributed by atoms with Crippen molar-refractivity contribution in [3.63, 3.8) is 0 Å². The van der Waals surface area contributed by atoms with Gasteiger partial charge >= 0.3 is 16.1 Å². The van der Waals surface area contributed by atoms with Gasteiger partial charge in [0.25, 0.3) is 1.43 Å². The van der Waals surface area contributed by atoms with Crippen LogP contribution in [0.2, 0.25) is 0 Å². The summed E-state index contributed by atoms with van der Waals surface area (Å²) in [4.78, 5) is 11.9. The lowest BCUT2D eigenvalue weighted by atomic mass is 10.0. The van der Waals surface area contributed by atoms with Crippen molar-refractivity contribution in [2.24, 2.45) is 0 Å². The van der Waals surface area contributed by atoms with Crippen LogP contribution in [0.3, 0.4) is 0 Å². The lowest BCUT2D eigenvalue weighted by molar-refractivity contribution is -0.153. The monoisotopic (exact) mass is 493 g/mol. The molecule has 0 heterocycles. The first kappa shape index (κ1) is 26.0. The summed E-state index contributed by atoms with van der Waals surface area (Å²) in [5.74, 6) is 0.334. The predicted octanol–water partition coefficient (Wildman–Crippen LogP) is 4.85. The van der Waals surface area contributed by atoms with Crippen LogP contribution in [0, 0.1) is 13.8 Å². The molecule has 0 saturated carbocycles. The van der Waals surface area contributed by atoms with E-state index >= 15 is 0 Å². The Morgan fingerprint density at radius 1 is 0.941 bits per heavy atom. The lowest BCUT2D eigenvalue weighted by Gasteiger charge is -2.19. The molecule has 2 atom stereocenters. The Labute approximate surface area is 204 Å². The van der Waals surface area contributed by atoms with Gasteiger partial charge in [0.2, 0.25) is 0 Å². The minimum atomic E-state index is -3.65. The van der Waals surface area contributed by atoms with Crippen molar-refractivity contribution in [3.8, 4) is 11.5 Å². The Kier molecular flexibility index (Phi) is 8.97. The summed E-state index contributed by atoms with van der Waals surface area (Å²) in [5, 5.41) is 3.50. The molecular formula is C26H36O7S. The van der Waals surface area contributed by atoms with Gasteiger partial charge < -0.3 is 18.8 Å². The van der Waals surface area contributed by atoms with Gasteiger partial charge in [-0.15, -0.1) is 0 Å². The molecule has 2 aromatic carbocycles. The SMILES string of the molecule is [2H]OC(=O)[C@H](Cc1ccc(OC(C)Cc2ccc(OS(=O)(=O)C(C)C)c(C)c2)c(C)c1)OC(C)C. The summed E-state index contributed by atoms with van der Waals surface area (Å²) >= 11 is 0. The molecule has 2 rings (SSSR count). The second-order valence-corrected chi connectivity index (χ2v) is 11.2. The van der Waals surface area contributed by atoms with Gasteiger partial charge in [-0.2, -0.15) is 8.42 Å². The number of ether oxygens (including phenoxy) is 2. The highest BCUT2D eigenvalue weighted by atomic mass is 32.2. The average molecular weight is 494 g/mol. The zero-order valence-corrected chi connectivity index (χ0v) is 21.8. The summed E-state index contributed by atoms with van der Waals surface area (Å²) in [5.41, 5.74) is 3.53. The molecule has 0 radical (unpaired) electrons. The lowest BCUT2D eigenvalue weighted by Crippen LogP contribution is -2.29. The van der Waals surface area contributed by atoms with E-state index < -0.39 is 27.4 Å². The number of hydrogen-bond acceptors (Lipinski definition) is 7. The molecule has 8 heteroatoms. The van der Waals surface area contributed by atoms with Crippen LogP contribution in [0.25, 0.3) is 1.43 Å². The Hall–Kier alpha value is -2.58. The molecule has 0 aliphatic carbocycles. The van der Waals surface area contributed by atoms with E-state index in [2.05, 4.69) is 5.11 Å². The van der Waals surface area contributed by atoms with Crippen LogP contribution in [-0.4, -0.2) is 43.1 Å². The highest BCUT2D eigenvalue weighted by molar-refractivity contribution is 7.87. The van der Waals surface area contributed by atoms with Crippen LogP contribution in [-0.2, 0) is 32.5 Å². The van der Waals surface area contributed by atoms with Crippen LogP contribution in [0.4, 0.5) is 0 Å². The maximum Gasteiger partial charge on any atom is 0.333 e. The van der Waals surface area contributed by atoms with Gasteiger partial charge in [0.1, 0.15) is 11.5 Å². The fourth-order valence-electron chi connectivity index (χ4n) is 3.44. The van der Waals surface area contributed by atoms with E-state index in [1.54, 1.807) is 19.9 Å².